The van der Waals surface area contributed by atoms with Crippen molar-refractivity contribution in [2.75, 3.05) is 17.2 Å². The molecular formula is C18H18BrN3O3S. The Morgan fingerprint density at radius 2 is 1.69 bits per heavy atom. The maximum absolute atomic E-state index is 12.0. The van der Waals surface area contributed by atoms with Gasteiger partial charge in [0.1, 0.15) is 5.75 Å². The van der Waals surface area contributed by atoms with E-state index in [0.717, 1.165) is 10.0 Å². The minimum atomic E-state index is -0.361. The Balaban J connectivity index is 1.81. The van der Waals surface area contributed by atoms with E-state index in [2.05, 4.69) is 31.9 Å². The largest absolute Gasteiger partial charge is 0.483 e. The highest BCUT2D eigenvalue weighted by atomic mass is 79.9. The molecule has 0 radical (unpaired) electrons. The van der Waals surface area contributed by atoms with Gasteiger partial charge in [-0.3, -0.25) is 14.9 Å². The molecule has 0 saturated carbocycles. The normalized spacial score (nSPS) is 9.96. The van der Waals surface area contributed by atoms with Crippen LogP contribution in [0.5, 0.6) is 5.75 Å². The molecule has 2 aromatic carbocycles. The number of amides is 2. The lowest BCUT2D eigenvalue weighted by atomic mass is 10.2. The number of nitrogens with one attached hydrogen (secondary N) is 3. The van der Waals surface area contributed by atoms with Crippen molar-refractivity contribution in [3.05, 3.63) is 52.5 Å². The van der Waals surface area contributed by atoms with E-state index in [0.29, 0.717) is 17.1 Å². The van der Waals surface area contributed by atoms with Crippen molar-refractivity contribution in [3.8, 4) is 5.75 Å². The Morgan fingerprint density at radius 3 is 2.27 bits per heavy atom. The zero-order chi connectivity index (χ0) is 19.1. The van der Waals surface area contributed by atoms with Crippen molar-refractivity contribution in [3.63, 3.8) is 0 Å². The van der Waals surface area contributed by atoms with E-state index < -0.39 is 0 Å². The predicted octanol–water partition coefficient (Wildman–Crippen LogP) is 3.61. The van der Waals surface area contributed by atoms with Gasteiger partial charge in [-0.2, -0.15) is 0 Å². The summed E-state index contributed by atoms with van der Waals surface area (Å²) in [5.74, 6) is 0.130. The fourth-order valence-electron chi connectivity index (χ4n) is 2.08. The first-order valence-electron chi connectivity index (χ1n) is 7.71. The standard InChI is InChI=1S/C18H18BrN3O3S/c1-11-9-13(19)3-8-16(11)25-10-17(24)22-18(26)21-15-6-4-14(5-7-15)20-12(2)23/h3-9H,10H2,1-2H3,(H,20,23)(H2,21,22,24,26). The number of carbonyl (C=O) groups excluding carboxylic acids is 2. The van der Waals surface area contributed by atoms with Crippen LogP contribution in [-0.2, 0) is 9.59 Å². The number of carbonyl (C=O) groups is 2. The van der Waals surface area contributed by atoms with Crippen LogP contribution in [0.2, 0.25) is 0 Å². The summed E-state index contributed by atoms with van der Waals surface area (Å²) in [5, 5.41) is 8.28. The van der Waals surface area contributed by atoms with Crippen molar-refractivity contribution in [2.24, 2.45) is 0 Å². The number of ether oxygens (including phenoxy) is 1. The minimum Gasteiger partial charge on any atom is -0.483 e. The molecule has 8 heteroatoms. The first-order valence-corrected chi connectivity index (χ1v) is 8.91. The Morgan fingerprint density at radius 1 is 1.08 bits per heavy atom. The topological polar surface area (TPSA) is 79.5 Å². The molecule has 0 aliphatic rings. The Hall–Kier alpha value is -2.45. The van der Waals surface area contributed by atoms with Crippen molar-refractivity contribution in [1.82, 2.24) is 5.32 Å². The predicted molar refractivity (Wildman–Crippen MR) is 109 cm³/mol. The molecule has 2 amide bonds. The minimum absolute atomic E-state index is 0.144. The molecule has 3 N–H and O–H groups in total. The van der Waals surface area contributed by atoms with Crippen LogP contribution in [-0.4, -0.2) is 23.5 Å². The molecule has 0 saturated heterocycles. The molecule has 2 aromatic rings. The van der Waals surface area contributed by atoms with E-state index in [1.165, 1.54) is 6.92 Å². The molecule has 0 spiro atoms. The van der Waals surface area contributed by atoms with Gasteiger partial charge in [0.25, 0.3) is 5.91 Å². The molecule has 0 aliphatic carbocycles. The molecule has 2 rings (SSSR count). The monoisotopic (exact) mass is 435 g/mol. The summed E-state index contributed by atoms with van der Waals surface area (Å²) in [6, 6.07) is 12.5. The van der Waals surface area contributed by atoms with Gasteiger partial charge < -0.3 is 15.4 Å². The molecule has 0 heterocycles. The summed E-state index contributed by atoms with van der Waals surface area (Å²) in [7, 11) is 0. The van der Waals surface area contributed by atoms with Crippen LogP contribution in [0.4, 0.5) is 11.4 Å². The Bertz CT molecular complexity index is 825. The third-order valence-electron chi connectivity index (χ3n) is 3.21. The average molecular weight is 436 g/mol. The van der Waals surface area contributed by atoms with Gasteiger partial charge in [0.15, 0.2) is 11.7 Å². The molecule has 0 fully saturated rings. The molecule has 0 aromatic heterocycles. The highest BCUT2D eigenvalue weighted by molar-refractivity contribution is 9.10. The summed E-state index contributed by atoms with van der Waals surface area (Å²) < 4.78 is 6.44. The molecular weight excluding hydrogens is 418 g/mol. The highest BCUT2D eigenvalue weighted by Gasteiger charge is 2.08. The van der Waals surface area contributed by atoms with Gasteiger partial charge >= 0.3 is 0 Å². The van der Waals surface area contributed by atoms with Gasteiger partial charge in [-0.05, 0) is 67.2 Å². The van der Waals surface area contributed by atoms with Crippen molar-refractivity contribution >= 4 is 56.4 Å². The number of aryl methyl sites for hydroxylation is 1. The quantitative estimate of drug-likeness (QED) is 0.625. The zero-order valence-corrected chi connectivity index (χ0v) is 16.7. The van der Waals surface area contributed by atoms with Crippen LogP contribution in [0.1, 0.15) is 12.5 Å². The highest BCUT2D eigenvalue weighted by Crippen LogP contribution is 2.22. The van der Waals surface area contributed by atoms with Gasteiger partial charge in [-0.1, -0.05) is 15.9 Å². The lowest BCUT2D eigenvalue weighted by molar-refractivity contribution is -0.121. The molecule has 0 aliphatic heterocycles. The smallest absolute Gasteiger partial charge is 0.264 e. The number of halogens is 1. The van der Waals surface area contributed by atoms with Gasteiger partial charge in [0, 0.05) is 22.8 Å². The molecule has 136 valence electrons. The fourth-order valence-corrected chi connectivity index (χ4v) is 2.79. The number of anilines is 2. The summed E-state index contributed by atoms with van der Waals surface area (Å²) in [6.07, 6.45) is 0. The SMILES string of the molecule is CC(=O)Nc1ccc(NC(=S)NC(=O)COc2ccc(Br)cc2C)cc1. The zero-order valence-electron chi connectivity index (χ0n) is 14.3. The lowest BCUT2D eigenvalue weighted by Crippen LogP contribution is -2.37. The second-order valence-corrected chi connectivity index (χ2v) is 6.78. The molecule has 0 bridgehead atoms. The maximum Gasteiger partial charge on any atom is 0.264 e. The number of hydrogen-bond donors (Lipinski definition) is 3. The first-order chi connectivity index (χ1) is 12.3. The summed E-state index contributed by atoms with van der Waals surface area (Å²) in [6.45, 7) is 3.19. The van der Waals surface area contributed by atoms with E-state index >= 15 is 0 Å². The second-order valence-electron chi connectivity index (χ2n) is 5.46. The molecule has 26 heavy (non-hydrogen) atoms. The third kappa shape index (κ3) is 6.45. The van der Waals surface area contributed by atoms with Gasteiger partial charge in [-0.15, -0.1) is 0 Å². The van der Waals surface area contributed by atoms with Crippen molar-refractivity contribution < 1.29 is 14.3 Å². The Kier molecular flexibility index (Phi) is 7.11. The average Bonchev–Trinajstić information content (AvgIpc) is 2.55. The van der Waals surface area contributed by atoms with E-state index in [-0.39, 0.29) is 23.5 Å². The number of rotatable bonds is 5. The van der Waals surface area contributed by atoms with E-state index in [9.17, 15) is 9.59 Å². The van der Waals surface area contributed by atoms with Crippen LogP contribution in [0.25, 0.3) is 0 Å². The van der Waals surface area contributed by atoms with E-state index in [4.69, 9.17) is 17.0 Å². The van der Waals surface area contributed by atoms with Gasteiger partial charge in [0.05, 0.1) is 0 Å². The number of thiocarbonyl (C=S) groups is 1. The van der Waals surface area contributed by atoms with Crippen molar-refractivity contribution in [1.29, 1.82) is 0 Å². The van der Waals surface area contributed by atoms with Gasteiger partial charge in [0.2, 0.25) is 5.91 Å². The summed E-state index contributed by atoms with van der Waals surface area (Å²) in [5.41, 5.74) is 2.29. The molecule has 0 unspecified atom stereocenters. The van der Waals surface area contributed by atoms with Gasteiger partial charge in [-0.25, -0.2) is 0 Å². The van der Waals surface area contributed by atoms with Crippen LogP contribution in [0.3, 0.4) is 0 Å². The second kappa shape index (κ2) is 9.30. The third-order valence-corrected chi connectivity index (χ3v) is 3.91. The fraction of sp³-hybridized carbons (Fsp3) is 0.167. The van der Waals surface area contributed by atoms with Crippen LogP contribution in [0, 0.1) is 6.92 Å². The Labute approximate surface area is 165 Å². The van der Waals surface area contributed by atoms with Crippen LogP contribution in [0.15, 0.2) is 46.9 Å². The first kappa shape index (κ1) is 19.9. The van der Waals surface area contributed by atoms with Crippen molar-refractivity contribution in [2.45, 2.75) is 13.8 Å². The number of benzene rings is 2. The lowest BCUT2D eigenvalue weighted by Gasteiger charge is -2.12. The maximum atomic E-state index is 12.0. The molecule has 6 nitrogen and oxygen atoms in total. The van der Waals surface area contributed by atoms with Crippen LogP contribution >= 0.6 is 28.1 Å². The summed E-state index contributed by atoms with van der Waals surface area (Å²) in [4.78, 5) is 22.9. The van der Waals surface area contributed by atoms with Crippen LogP contribution < -0.4 is 20.7 Å². The summed E-state index contributed by atoms with van der Waals surface area (Å²) >= 11 is 8.49. The number of hydrogen-bond acceptors (Lipinski definition) is 4. The van der Waals surface area contributed by atoms with E-state index in [1.807, 2.05) is 19.1 Å². The van der Waals surface area contributed by atoms with E-state index in [1.54, 1.807) is 30.3 Å². The molecule has 0 atom stereocenters.